The van der Waals surface area contributed by atoms with E-state index in [1.807, 2.05) is 17.9 Å². The molecule has 4 aliphatic rings. The van der Waals surface area contributed by atoms with Crippen LogP contribution in [0.2, 0.25) is 0 Å². The molecule has 134 valence electrons. The predicted octanol–water partition coefficient (Wildman–Crippen LogP) is 1.96. The Bertz CT molecular complexity index is 728. The Morgan fingerprint density at radius 3 is 2.88 bits per heavy atom. The maximum absolute atomic E-state index is 13.7. The molecule has 1 spiro atoms. The second-order valence-corrected chi connectivity index (χ2v) is 7.58. The topological polar surface area (TPSA) is 63.0 Å². The number of furan rings is 1. The van der Waals surface area contributed by atoms with Gasteiger partial charge in [0.1, 0.15) is 17.8 Å². The van der Waals surface area contributed by atoms with Crippen LogP contribution in [0.1, 0.15) is 31.7 Å². The quantitative estimate of drug-likeness (QED) is 0.766. The average Bonchev–Trinajstić information content (AvgIpc) is 3.23. The van der Waals surface area contributed by atoms with Gasteiger partial charge in [-0.15, -0.1) is 0 Å². The van der Waals surface area contributed by atoms with Gasteiger partial charge < -0.3 is 19.0 Å². The minimum Gasteiger partial charge on any atom is -0.472 e. The molecule has 6 heteroatoms. The first-order valence-electron chi connectivity index (χ1n) is 8.77. The fourth-order valence-electron chi connectivity index (χ4n) is 5.21. The number of hydrogen-bond acceptors (Lipinski definition) is 4. The van der Waals surface area contributed by atoms with E-state index in [0.29, 0.717) is 19.4 Å². The number of ether oxygens (including phenoxy) is 1. The fraction of sp³-hybridized carbons (Fsp3) is 0.579. The molecule has 5 heterocycles. The van der Waals surface area contributed by atoms with Crippen molar-refractivity contribution >= 4 is 11.8 Å². The second kappa shape index (κ2) is 5.46. The van der Waals surface area contributed by atoms with Gasteiger partial charge in [0.05, 0.1) is 12.5 Å². The molecule has 0 aliphatic carbocycles. The zero-order valence-electron chi connectivity index (χ0n) is 14.8. The van der Waals surface area contributed by atoms with Crippen molar-refractivity contribution in [3.05, 3.63) is 36.3 Å². The van der Waals surface area contributed by atoms with Gasteiger partial charge in [-0.2, -0.15) is 0 Å². The number of methoxy groups -OCH3 is 1. The van der Waals surface area contributed by atoms with Gasteiger partial charge in [-0.25, -0.2) is 0 Å². The van der Waals surface area contributed by atoms with Gasteiger partial charge in [0, 0.05) is 26.0 Å². The minimum absolute atomic E-state index is 0.0208. The number of piperazine rings is 1. The Morgan fingerprint density at radius 2 is 2.24 bits per heavy atom. The van der Waals surface area contributed by atoms with Crippen molar-refractivity contribution in [2.45, 2.75) is 43.7 Å². The van der Waals surface area contributed by atoms with Crippen molar-refractivity contribution in [3.8, 4) is 0 Å². The van der Waals surface area contributed by atoms with Crippen LogP contribution in [-0.2, 0) is 20.7 Å². The number of carbonyl (C=O) groups is 2. The van der Waals surface area contributed by atoms with Crippen LogP contribution in [0.25, 0.3) is 0 Å². The summed E-state index contributed by atoms with van der Waals surface area (Å²) in [6, 6.07) is 1.85. The number of nitrogens with zero attached hydrogens (tertiary/aromatic N) is 2. The molecule has 0 saturated carbocycles. The van der Waals surface area contributed by atoms with Gasteiger partial charge in [-0.05, 0) is 37.8 Å². The smallest absolute Gasteiger partial charge is 0.251 e. The Kier molecular flexibility index (Phi) is 3.58. The summed E-state index contributed by atoms with van der Waals surface area (Å²) in [6.07, 6.45) is 5.91. The van der Waals surface area contributed by atoms with E-state index < -0.39 is 11.1 Å². The molecule has 4 fully saturated rings. The van der Waals surface area contributed by atoms with Gasteiger partial charge in [-0.1, -0.05) is 12.2 Å². The Labute approximate surface area is 147 Å². The largest absolute Gasteiger partial charge is 0.472 e. The van der Waals surface area contributed by atoms with Crippen molar-refractivity contribution in [2.75, 3.05) is 20.4 Å². The summed E-state index contributed by atoms with van der Waals surface area (Å²) in [7, 11) is 1.56. The molecular weight excluding hydrogens is 320 g/mol. The van der Waals surface area contributed by atoms with Crippen LogP contribution in [-0.4, -0.2) is 53.1 Å². The van der Waals surface area contributed by atoms with Gasteiger partial charge >= 0.3 is 0 Å². The molecule has 5 rings (SSSR count). The molecule has 0 unspecified atom stereocenters. The molecule has 0 radical (unpaired) electrons. The average molecular weight is 344 g/mol. The van der Waals surface area contributed by atoms with Gasteiger partial charge in [0.15, 0.2) is 0 Å². The van der Waals surface area contributed by atoms with E-state index in [0.717, 1.165) is 24.0 Å². The van der Waals surface area contributed by atoms with Crippen molar-refractivity contribution in [2.24, 2.45) is 5.92 Å². The molecule has 1 aromatic heterocycles. The van der Waals surface area contributed by atoms with Crippen molar-refractivity contribution in [3.63, 3.8) is 0 Å². The van der Waals surface area contributed by atoms with Crippen LogP contribution in [0.15, 0.2) is 35.2 Å². The highest BCUT2D eigenvalue weighted by atomic mass is 16.5. The van der Waals surface area contributed by atoms with Crippen LogP contribution in [0.4, 0.5) is 0 Å². The van der Waals surface area contributed by atoms with E-state index in [1.165, 1.54) is 0 Å². The summed E-state index contributed by atoms with van der Waals surface area (Å²) >= 11 is 0. The van der Waals surface area contributed by atoms with E-state index in [2.05, 4.69) is 6.58 Å². The van der Waals surface area contributed by atoms with E-state index in [9.17, 15) is 9.59 Å². The fourth-order valence-corrected chi connectivity index (χ4v) is 5.21. The molecule has 2 bridgehead atoms. The number of fused-ring (bicyclic) bond motifs is 2. The van der Waals surface area contributed by atoms with E-state index >= 15 is 0 Å². The maximum Gasteiger partial charge on any atom is 0.251 e. The van der Waals surface area contributed by atoms with Crippen LogP contribution < -0.4 is 0 Å². The molecule has 0 N–H and O–H groups in total. The molecule has 0 aromatic carbocycles. The third kappa shape index (κ3) is 1.94. The van der Waals surface area contributed by atoms with E-state index in [1.54, 1.807) is 24.5 Å². The van der Waals surface area contributed by atoms with Crippen LogP contribution in [0.3, 0.4) is 0 Å². The highest BCUT2D eigenvalue weighted by Crippen LogP contribution is 2.55. The highest BCUT2D eigenvalue weighted by molar-refractivity contribution is 6.05. The Hall–Kier alpha value is -2.08. The second-order valence-electron chi connectivity index (χ2n) is 7.58. The van der Waals surface area contributed by atoms with Crippen LogP contribution >= 0.6 is 0 Å². The number of amides is 2. The lowest BCUT2D eigenvalue weighted by Crippen LogP contribution is -2.83. The summed E-state index contributed by atoms with van der Waals surface area (Å²) in [5.74, 6) is -0.0355. The summed E-state index contributed by atoms with van der Waals surface area (Å²) in [5, 5.41) is 0. The molecular formula is C19H24N2O4. The van der Waals surface area contributed by atoms with Gasteiger partial charge in [-0.3, -0.25) is 9.59 Å². The monoisotopic (exact) mass is 344 g/mol. The van der Waals surface area contributed by atoms with Crippen LogP contribution in [0.5, 0.6) is 0 Å². The Balaban J connectivity index is 1.90. The van der Waals surface area contributed by atoms with E-state index in [4.69, 9.17) is 9.15 Å². The standard InChI is InChI=1S/C19H24N2O4/c1-13(2)15-10-18-6-4-7-20(18)17(23)19(15,9-14-5-8-25-11-14)21(12-24-3)16(18)22/h5,8,11,15H,1,4,6-7,9-10,12H2,2-3H3/t15-,18-,19-/m1/s1. The van der Waals surface area contributed by atoms with Gasteiger partial charge in [0.2, 0.25) is 0 Å². The first-order valence-corrected chi connectivity index (χ1v) is 8.77. The maximum atomic E-state index is 13.7. The summed E-state index contributed by atoms with van der Waals surface area (Å²) in [4.78, 5) is 30.6. The molecule has 6 nitrogen and oxygen atoms in total. The third-order valence-electron chi connectivity index (χ3n) is 6.25. The van der Waals surface area contributed by atoms with Gasteiger partial charge in [0.25, 0.3) is 11.8 Å². The lowest BCUT2D eigenvalue weighted by atomic mass is 9.60. The molecule has 2 amide bonds. The van der Waals surface area contributed by atoms with Crippen molar-refractivity contribution < 1.29 is 18.7 Å². The summed E-state index contributed by atoms with van der Waals surface area (Å²) < 4.78 is 10.6. The number of piperidine rings is 2. The third-order valence-corrected chi connectivity index (χ3v) is 6.25. The van der Waals surface area contributed by atoms with Crippen molar-refractivity contribution in [1.29, 1.82) is 0 Å². The summed E-state index contributed by atoms with van der Waals surface area (Å²) in [5.41, 5.74) is 0.158. The minimum atomic E-state index is -0.977. The SMILES string of the molecule is C=C(C)[C@H]1C[C@@]23CCCN2C(=O)[C@]1(Cc1ccoc1)N(COC)C3=O. The number of carbonyl (C=O) groups excluding carboxylic acids is 2. The normalized spacial score (nSPS) is 33.9. The first kappa shape index (κ1) is 16.4. The molecule has 3 atom stereocenters. The molecule has 4 aliphatic heterocycles. The molecule has 1 aromatic rings. The molecule has 25 heavy (non-hydrogen) atoms. The predicted molar refractivity (Wildman–Crippen MR) is 90.5 cm³/mol. The highest BCUT2D eigenvalue weighted by Gasteiger charge is 2.72. The lowest BCUT2D eigenvalue weighted by molar-refractivity contribution is -0.203. The molecule has 4 saturated heterocycles. The number of hydrogen-bond donors (Lipinski definition) is 0. The zero-order valence-corrected chi connectivity index (χ0v) is 14.8. The van der Waals surface area contributed by atoms with E-state index in [-0.39, 0.29) is 24.5 Å². The lowest BCUT2D eigenvalue weighted by Gasteiger charge is -2.63. The van der Waals surface area contributed by atoms with Crippen LogP contribution in [0, 0.1) is 5.92 Å². The number of rotatable bonds is 5. The Morgan fingerprint density at radius 1 is 1.44 bits per heavy atom. The zero-order chi connectivity index (χ0) is 17.8. The summed E-state index contributed by atoms with van der Waals surface area (Å²) in [6.45, 7) is 6.89. The first-order chi connectivity index (χ1) is 12.0. The van der Waals surface area contributed by atoms with Crippen molar-refractivity contribution in [1.82, 2.24) is 9.80 Å².